The molecule has 1 atom stereocenters. The first-order valence-electron chi connectivity index (χ1n) is 7.33. The van der Waals surface area contributed by atoms with E-state index in [1.165, 1.54) is 0 Å². The molecule has 110 valence electrons. The number of carbonyl (C=O) groups is 1. The molecule has 0 radical (unpaired) electrons. The molecule has 22 heavy (non-hydrogen) atoms. The number of carbonyl (C=O) groups excluding carboxylic acids is 1. The molecule has 0 aliphatic heterocycles. The zero-order valence-corrected chi connectivity index (χ0v) is 12.4. The van der Waals surface area contributed by atoms with Crippen LogP contribution in [-0.2, 0) is 0 Å². The molecule has 2 aromatic heterocycles. The molecular formula is C18H17N3O. The molecule has 0 saturated heterocycles. The van der Waals surface area contributed by atoms with E-state index in [1.54, 1.807) is 18.6 Å². The Kier molecular flexibility index (Phi) is 4.10. The molecule has 0 spiro atoms. The largest absolute Gasteiger partial charge is 0.345 e. The van der Waals surface area contributed by atoms with Gasteiger partial charge in [-0.25, -0.2) is 0 Å². The van der Waals surface area contributed by atoms with Crippen molar-refractivity contribution in [1.82, 2.24) is 15.3 Å². The van der Waals surface area contributed by atoms with Gasteiger partial charge in [0.15, 0.2) is 0 Å². The van der Waals surface area contributed by atoms with Crippen LogP contribution in [0.5, 0.6) is 0 Å². The lowest BCUT2D eigenvalue weighted by molar-refractivity contribution is 0.0935. The summed E-state index contributed by atoms with van der Waals surface area (Å²) < 4.78 is 0. The number of amides is 1. The smallest absolute Gasteiger partial charge is 0.251 e. The molecule has 2 heterocycles. The van der Waals surface area contributed by atoms with Crippen molar-refractivity contribution in [2.75, 3.05) is 0 Å². The first kappa shape index (κ1) is 14.2. The fourth-order valence-corrected chi connectivity index (χ4v) is 2.48. The number of hydrogen-bond acceptors (Lipinski definition) is 3. The van der Waals surface area contributed by atoms with Gasteiger partial charge >= 0.3 is 0 Å². The fourth-order valence-electron chi connectivity index (χ4n) is 2.48. The van der Waals surface area contributed by atoms with E-state index in [0.29, 0.717) is 5.56 Å². The van der Waals surface area contributed by atoms with Gasteiger partial charge in [0, 0.05) is 29.5 Å². The number of aromatic nitrogens is 2. The number of pyridine rings is 2. The van der Waals surface area contributed by atoms with Gasteiger partial charge < -0.3 is 5.32 Å². The van der Waals surface area contributed by atoms with Crippen molar-refractivity contribution in [3.05, 3.63) is 72.2 Å². The Hall–Kier alpha value is -2.75. The highest BCUT2D eigenvalue weighted by Gasteiger charge is 2.14. The molecule has 4 heteroatoms. The van der Waals surface area contributed by atoms with Gasteiger partial charge in [-0.15, -0.1) is 0 Å². The summed E-state index contributed by atoms with van der Waals surface area (Å²) >= 11 is 0. The van der Waals surface area contributed by atoms with Crippen molar-refractivity contribution < 1.29 is 4.79 Å². The zero-order chi connectivity index (χ0) is 15.4. The molecule has 1 N–H and O–H groups in total. The Bertz CT molecular complexity index is 786. The summed E-state index contributed by atoms with van der Waals surface area (Å²) in [5, 5.41) is 4.04. The lowest BCUT2D eigenvalue weighted by Gasteiger charge is -2.17. The molecule has 0 bridgehead atoms. The maximum Gasteiger partial charge on any atom is 0.251 e. The van der Waals surface area contributed by atoms with E-state index in [0.717, 1.165) is 22.9 Å². The van der Waals surface area contributed by atoms with Gasteiger partial charge in [0.05, 0.1) is 11.6 Å². The van der Waals surface area contributed by atoms with E-state index in [9.17, 15) is 4.79 Å². The van der Waals surface area contributed by atoms with Crippen LogP contribution in [0.1, 0.15) is 35.3 Å². The molecule has 0 unspecified atom stereocenters. The van der Waals surface area contributed by atoms with Crippen molar-refractivity contribution in [3.8, 4) is 0 Å². The number of nitrogens with one attached hydrogen (secondary N) is 1. The third-order valence-corrected chi connectivity index (χ3v) is 3.69. The Morgan fingerprint density at radius 1 is 1.14 bits per heavy atom. The zero-order valence-electron chi connectivity index (χ0n) is 12.4. The average Bonchev–Trinajstić information content (AvgIpc) is 2.59. The predicted molar refractivity (Wildman–Crippen MR) is 86.5 cm³/mol. The Labute approximate surface area is 129 Å². The highest BCUT2D eigenvalue weighted by molar-refractivity contribution is 5.98. The SMILES string of the molecule is CC[C@@H](NC(=O)c1ccc2ncccc2c1)c1ccncc1. The van der Waals surface area contributed by atoms with Gasteiger partial charge in [-0.2, -0.15) is 0 Å². The van der Waals surface area contributed by atoms with Crippen molar-refractivity contribution in [2.45, 2.75) is 19.4 Å². The normalized spacial score (nSPS) is 12.0. The molecule has 3 rings (SSSR count). The number of hydrogen-bond donors (Lipinski definition) is 1. The third-order valence-electron chi connectivity index (χ3n) is 3.69. The van der Waals surface area contributed by atoms with Gasteiger partial charge in [0.2, 0.25) is 0 Å². The highest BCUT2D eigenvalue weighted by atomic mass is 16.1. The summed E-state index contributed by atoms with van der Waals surface area (Å²) in [4.78, 5) is 20.8. The lowest BCUT2D eigenvalue weighted by atomic mass is 10.0. The highest BCUT2D eigenvalue weighted by Crippen LogP contribution is 2.18. The number of rotatable bonds is 4. The molecule has 0 saturated carbocycles. The second kappa shape index (κ2) is 6.35. The minimum absolute atomic E-state index is 0.0138. The van der Waals surface area contributed by atoms with Gasteiger partial charge in [-0.3, -0.25) is 14.8 Å². The number of benzene rings is 1. The Morgan fingerprint density at radius 3 is 2.73 bits per heavy atom. The molecule has 0 fully saturated rings. The van der Waals surface area contributed by atoms with E-state index in [2.05, 4.69) is 22.2 Å². The van der Waals surface area contributed by atoms with E-state index in [-0.39, 0.29) is 11.9 Å². The van der Waals surface area contributed by atoms with Gasteiger partial charge in [-0.1, -0.05) is 13.0 Å². The van der Waals surface area contributed by atoms with E-state index in [1.807, 2.05) is 42.5 Å². The molecule has 1 amide bonds. The Balaban J connectivity index is 1.83. The molecule has 0 aliphatic carbocycles. The fraction of sp³-hybridized carbons (Fsp3) is 0.167. The lowest BCUT2D eigenvalue weighted by Crippen LogP contribution is -2.28. The van der Waals surface area contributed by atoms with E-state index in [4.69, 9.17) is 0 Å². The summed E-state index contributed by atoms with van der Waals surface area (Å²) in [6.45, 7) is 2.05. The monoisotopic (exact) mass is 291 g/mol. The van der Waals surface area contributed by atoms with Crippen LogP contribution in [-0.4, -0.2) is 15.9 Å². The molecular weight excluding hydrogens is 274 g/mol. The molecule has 1 aromatic carbocycles. The first-order valence-corrected chi connectivity index (χ1v) is 7.33. The molecule has 4 nitrogen and oxygen atoms in total. The number of nitrogens with zero attached hydrogens (tertiary/aromatic N) is 2. The van der Waals surface area contributed by atoms with Crippen LogP contribution in [0.25, 0.3) is 10.9 Å². The standard InChI is InChI=1S/C18H17N3O/c1-2-16(13-7-10-19-11-8-13)21-18(22)15-5-6-17-14(12-15)4-3-9-20-17/h3-12,16H,2H2,1H3,(H,21,22)/t16-/m1/s1. The van der Waals surface area contributed by atoms with Crippen LogP contribution in [0.4, 0.5) is 0 Å². The van der Waals surface area contributed by atoms with Gasteiger partial charge in [-0.05, 0) is 48.4 Å². The molecule has 0 aliphatic rings. The van der Waals surface area contributed by atoms with Crippen molar-refractivity contribution in [3.63, 3.8) is 0 Å². The van der Waals surface area contributed by atoms with Crippen LogP contribution in [0.2, 0.25) is 0 Å². The maximum absolute atomic E-state index is 12.5. The van der Waals surface area contributed by atoms with Crippen molar-refractivity contribution in [1.29, 1.82) is 0 Å². The van der Waals surface area contributed by atoms with Crippen molar-refractivity contribution >= 4 is 16.8 Å². The maximum atomic E-state index is 12.5. The average molecular weight is 291 g/mol. The summed E-state index contributed by atoms with van der Waals surface area (Å²) in [7, 11) is 0. The summed E-state index contributed by atoms with van der Waals surface area (Å²) in [6.07, 6.45) is 6.06. The van der Waals surface area contributed by atoms with Crippen LogP contribution >= 0.6 is 0 Å². The summed E-state index contributed by atoms with van der Waals surface area (Å²) in [5.74, 6) is -0.0746. The Morgan fingerprint density at radius 2 is 1.95 bits per heavy atom. The first-order chi connectivity index (χ1) is 10.8. The molecule has 3 aromatic rings. The van der Waals surface area contributed by atoms with E-state index >= 15 is 0 Å². The second-order valence-electron chi connectivity index (χ2n) is 5.13. The van der Waals surface area contributed by atoms with Crippen LogP contribution < -0.4 is 5.32 Å². The predicted octanol–water partition coefficient (Wildman–Crippen LogP) is 3.51. The minimum atomic E-state index is -0.0746. The van der Waals surface area contributed by atoms with Gasteiger partial charge in [0.1, 0.15) is 0 Å². The summed E-state index contributed by atoms with van der Waals surface area (Å²) in [6, 6.07) is 13.2. The van der Waals surface area contributed by atoms with Gasteiger partial charge in [0.25, 0.3) is 5.91 Å². The second-order valence-corrected chi connectivity index (χ2v) is 5.13. The summed E-state index contributed by atoms with van der Waals surface area (Å²) in [5.41, 5.74) is 2.60. The van der Waals surface area contributed by atoms with Crippen molar-refractivity contribution in [2.24, 2.45) is 0 Å². The third kappa shape index (κ3) is 2.96. The van der Waals surface area contributed by atoms with E-state index < -0.39 is 0 Å². The van der Waals surface area contributed by atoms with Crippen LogP contribution in [0.15, 0.2) is 61.1 Å². The quantitative estimate of drug-likeness (QED) is 0.800. The minimum Gasteiger partial charge on any atom is -0.345 e. The van der Waals surface area contributed by atoms with Crippen LogP contribution in [0, 0.1) is 0 Å². The number of fused-ring (bicyclic) bond motifs is 1. The topological polar surface area (TPSA) is 54.9 Å². The van der Waals surface area contributed by atoms with Crippen LogP contribution in [0.3, 0.4) is 0 Å².